The lowest BCUT2D eigenvalue weighted by atomic mass is 9.99. The molecule has 0 saturated heterocycles. The average molecular weight is 340 g/mol. The number of hydrogen-bond donors (Lipinski definition) is 0. The van der Waals surface area contributed by atoms with Crippen LogP contribution in [0.3, 0.4) is 0 Å². The zero-order chi connectivity index (χ0) is 19.0. The maximum atomic E-state index is 12.7. The number of rotatable bonds is 3. The van der Waals surface area contributed by atoms with Gasteiger partial charge < -0.3 is 20.5 Å². The topological polar surface area (TPSA) is 52.6 Å². The number of hydrogen-bond acceptors (Lipinski definition) is 4. The first kappa shape index (κ1) is 19.3. The molecule has 0 unspecified atom stereocenters. The van der Waals surface area contributed by atoms with E-state index in [0.29, 0.717) is 11.4 Å². The fourth-order valence-electron chi connectivity index (χ4n) is 2.60. The lowest BCUT2D eigenvalue weighted by Gasteiger charge is -2.47. The van der Waals surface area contributed by atoms with Gasteiger partial charge in [0.1, 0.15) is 0 Å². The van der Waals surface area contributed by atoms with E-state index in [9.17, 15) is 10.4 Å². The Balaban J connectivity index is 2.63. The zero-order valence-corrected chi connectivity index (χ0v) is 16.3. The Kier molecular flexibility index (Phi) is 5.17. The SMILES string of the molecule is Cc1cccc(-c2cc(N([O-])C(C)(C)C)cc(N([O-])C(C)(C)C)c2)c1. The van der Waals surface area contributed by atoms with Crippen LogP contribution in [-0.4, -0.2) is 11.1 Å². The molecular weight excluding hydrogens is 312 g/mol. The molecule has 0 aliphatic heterocycles. The van der Waals surface area contributed by atoms with E-state index in [1.54, 1.807) is 6.07 Å². The molecule has 0 bridgehead atoms. The summed E-state index contributed by atoms with van der Waals surface area (Å²) in [6.07, 6.45) is 0. The first-order chi connectivity index (χ1) is 11.4. The molecule has 0 heterocycles. The second-order valence-electron chi connectivity index (χ2n) is 8.54. The molecule has 0 radical (unpaired) electrons. The van der Waals surface area contributed by atoms with Crippen molar-refractivity contribution in [3.8, 4) is 11.1 Å². The molecule has 0 fully saturated rings. The number of hydroxylamine groups is 2. The first-order valence-corrected chi connectivity index (χ1v) is 8.56. The van der Waals surface area contributed by atoms with Gasteiger partial charge in [-0.2, -0.15) is 0 Å². The van der Waals surface area contributed by atoms with Crippen LogP contribution in [0, 0.1) is 17.3 Å². The second kappa shape index (κ2) is 6.70. The Morgan fingerprint density at radius 2 is 1.16 bits per heavy atom. The van der Waals surface area contributed by atoms with Crippen LogP contribution in [-0.2, 0) is 0 Å². The molecule has 0 aliphatic carbocycles. The van der Waals surface area contributed by atoms with Crippen LogP contribution in [0.25, 0.3) is 11.1 Å². The first-order valence-electron chi connectivity index (χ1n) is 8.56. The molecule has 25 heavy (non-hydrogen) atoms. The Morgan fingerprint density at radius 3 is 1.56 bits per heavy atom. The third-order valence-corrected chi connectivity index (χ3v) is 3.94. The summed E-state index contributed by atoms with van der Waals surface area (Å²) in [5.41, 5.74) is 2.81. The predicted molar refractivity (Wildman–Crippen MR) is 108 cm³/mol. The summed E-state index contributed by atoms with van der Waals surface area (Å²) in [6.45, 7) is 13.2. The smallest absolute Gasteiger partial charge is 0.0289 e. The molecule has 2 aromatic carbocycles. The minimum absolute atomic E-state index is 0.492. The Labute approximate surface area is 151 Å². The second-order valence-corrected chi connectivity index (χ2v) is 8.54. The third-order valence-electron chi connectivity index (χ3n) is 3.94. The van der Waals surface area contributed by atoms with Crippen molar-refractivity contribution in [1.82, 2.24) is 0 Å². The van der Waals surface area contributed by atoms with Crippen LogP contribution in [0.15, 0.2) is 42.5 Å². The molecule has 0 amide bonds. The van der Waals surface area contributed by atoms with Crippen molar-refractivity contribution in [2.75, 3.05) is 10.1 Å². The minimum Gasteiger partial charge on any atom is -0.758 e. The van der Waals surface area contributed by atoms with Crippen LogP contribution in [0.1, 0.15) is 47.1 Å². The van der Waals surface area contributed by atoms with E-state index in [1.165, 1.54) is 0 Å². The van der Waals surface area contributed by atoms with Gasteiger partial charge >= 0.3 is 0 Å². The summed E-state index contributed by atoms with van der Waals surface area (Å²) < 4.78 is 0. The normalized spacial score (nSPS) is 12.2. The number of aryl methyl sites for hydroxylation is 1. The quantitative estimate of drug-likeness (QED) is 0.656. The van der Waals surface area contributed by atoms with Gasteiger partial charge in [0.2, 0.25) is 0 Å². The van der Waals surface area contributed by atoms with Crippen LogP contribution in [0.2, 0.25) is 0 Å². The van der Waals surface area contributed by atoms with Crippen LogP contribution in [0.4, 0.5) is 11.4 Å². The molecular formula is C21H28N2O2-2. The maximum Gasteiger partial charge on any atom is 0.0289 e. The molecule has 4 nitrogen and oxygen atoms in total. The summed E-state index contributed by atoms with van der Waals surface area (Å²) in [6, 6.07) is 13.4. The third kappa shape index (κ3) is 4.53. The largest absolute Gasteiger partial charge is 0.758 e. The molecule has 0 spiro atoms. The van der Waals surface area contributed by atoms with Crippen molar-refractivity contribution in [2.45, 2.75) is 59.5 Å². The summed E-state index contributed by atoms with van der Waals surface area (Å²) in [5.74, 6) is 0. The van der Waals surface area contributed by atoms with Gasteiger partial charge in [-0.25, -0.2) is 0 Å². The molecule has 2 rings (SSSR count). The highest BCUT2D eigenvalue weighted by molar-refractivity contribution is 5.76. The van der Waals surface area contributed by atoms with Gasteiger partial charge in [0.25, 0.3) is 0 Å². The average Bonchev–Trinajstić information content (AvgIpc) is 2.51. The zero-order valence-electron chi connectivity index (χ0n) is 16.3. The highest BCUT2D eigenvalue weighted by Gasteiger charge is 2.18. The van der Waals surface area contributed by atoms with Gasteiger partial charge in [-0.05, 0) is 77.8 Å². The van der Waals surface area contributed by atoms with Crippen molar-refractivity contribution < 1.29 is 0 Å². The molecule has 0 atom stereocenters. The van der Waals surface area contributed by atoms with Crippen LogP contribution in [0.5, 0.6) is 0 Å². The molecule has 0 N–H and O–H groups in total. The Bertz CT molecular complexity index is 704. The maximum absolute atomic E-state index is 12.7. The summed E-state index contributed by atoms with van der Waals surface area (Å²) in [7, 11) is 0. The number of nitrogens with zero attached hydrogens (tertiary/aromatic N) is 2. The van der Waals surface area contributed by atoms with E-state index in [0.717, 1.165) is 26.8 Å². The van der Waals surface area contributed by atoms with Crippen LogP contribution >= 0.6 is 0 Å². The predicted octanol–water partition coefficient (Wildman–Crippen LogP) is 5.87. The van der Waals surface area contributed by atoms with Crippen molar-refractivity contribution in [3.63, 3.8) is 0 Å². The van der Waals surface area contributed by atoms with Crippen molar-refractivity contribution in [2.24, 2.45) is 0 Å². The minimum atomic E-state index is -0.585. The van der Waals surface area contributed by atoms with E-state index in [2.05, 4.69) is 6.07 Å². The van der Waals surface area contributed by atoms with E-state index >= 15 is 0 Å². The summed E-state index contributed by atoms with van der Waals surface area (Å²) in [5, 5.41) is 27.4. The molecule has 136 valence electrons. The van der Waals surface area contributed by atoms with Crippen molar-refractivity contribution in [3.05, 3.63) is 58.4 Å². The lowest BCUT2D eigenvalue weighted by molar-refractivity contribution is 0.552. The van der Waals surface area contributed by atoms with E-state index < -0.39 is 11.1 Å². The number of benzene rings is 2. The van der Waals surface area contributed by atoms with Crippen LogP contribution < -0.4 is 10.1 Å². The van der Waals surface area contributed by atoms with Gasteiger partial charge in [0.05, 0.1) is 0 Å². The molecule has 0 saturated carbocycles. The van der Waals surface area contributed by atoms with Crippen molar-refractivity contribution >= 4 is 11.4 Å². The lowest BCUT2D eigenvalue weighted by Crippen LogP contribution is -2.38. The fourth-order valence-corrected chi connectivity index (χ4v) is 2.60. The molecule has 4 heteroatoms. The van der Waals surface area contributed by atoms with Gasteiger partial charge in [-0.15, -0.1) is 0 Å². The summed E-state index contributed by atoms with van der Waals surface area (Å²) >= 11 is 0. The van der Waals surface area contributed by atoms with Crippen molar-refractivity contribution in [1.29, 1.82) is 0 Å². The molecule has 0 aromatic heterocycles. The monoisotopic (exact) mass is 340 g/mol. The standard InChI is InChI=1S/C21H28N2O2/c1-15-9-8-10-16(11-15)17-12-18(22(24)20(2,3)4)14-19(13-17)23(25)21(5,6)7/h8-14H,1-7H3/q-2. The Morgan fingerprint density at radius 1 is 0.680 bits per heavy atom. The molecule has 0 aliphatic rings. The highest BCUT2D eigenvalue weighted by atomic mass is 16.5. The highest BCUT2D eigenvalue weighted by Crippen LogP contribution is 2.35. The number of anilines is 2. The van der Waals surface area contributed by atoms with E-state index in [-0.39, 0.29) is 0 Å². The fraction of sp³-hybridized carbons (Fsp3) is 0.429. The van der Waals surface area contributed by atoms with Gasteiger partial charge in [0.15, 0.2) is 0 Å². The van der Waals surface area contributed by atoms with Gasteiger partial charge in [-0.3, -0.25) is 0 Å². The van der Waals surface area contributed by atoms with Gasteiger partial charge in [-0.1, -0.05) is 29.8 Å². The van der Waals surface area contributed by atoms with E-state index in [1.807, 2.05) is 78.8 Å². The molecule has 2 aromatic rings. The Hall–Kier alpha value is -2.04. The van der Waals surface area contributed by atoms with E-state index in [4.69, 9.17) is 0 Å². The summed E-state index contributed by atoms with van der Waals surface area (Å²) in [4.78, 5) is 0. The van der Waals surface area contributed by atoms with Gasteiger partial charge in [0, 0.05) is 22.5 Å².